The molecule has 0 saturated heterocycles. The van der Waals surface area contributed by atoms with Crippen molar-refractivity contribution in [3.63, 3.8) is 0 Å². The lowest BCUT2D eigenvalue weighted by Gasteiger charge is -2.08. The molecule has 0 spiro atoms. The first-order chi connectivity index (χ1) is 8.70. The SMILES string of the molecule is COc1ccc(Cl)c(C(=O)Nc2ccccc2)c1. The highest BCUT2D eigenvalue weighted by molar-refractivity contribution is 6.34. The molecule has 0 aliphatic heterocycles. The van der Waals surface area contributed by atoms with Crippen LogP contribution >= 0.6 is 11.6 Å². The highest BCUT2D eigenvalue weighted by atomic mass is 35.5. The van der Waals surface area contributed by atoms with Crippen molar-refractivity contribution < 1.29 is 9.53 Å². The van der Waals surface area contributed by atoms with Crippen LogP contribution in [0.25, 0.3) is 0 Å². The Labute approximate surface area is 110 Å². The zero-order chi connectivity index (χ0) is 13.0. The summed E-state index contributed by atoms with van der Waals surface area (Å²) in [4.78, 5) is 12.1. The average Bonchev–Trinajstić information content (AvgIpc) is 2.40. The van der Waals surface area contributed by atoms with Gasteiger partial charge in [-0.15, -0.1) is 0 Å². The van der Waals surface area contributed by atoms with Crippen LogP contribution in [-0.4, -0.2) is 13.0 Å². The molecule has 18 heavy (non-hydrogen) atoms. The largest absolute Gasteiger partial charge is 0.497 e. The van der Waals surface area contributed by atoms with E-state index in [1.165, 1.54) is 0 Å². The van der Waals surface area contributed by atoms with E-state index in [9.17, 15) is 4.79 Å². The number of ether oxygens (including phenoxy) is 1. The minimum Gasteiger partial charge on any atom is -0.497 e. The maximum atomic E-state index is 12.1. The van der Waals surface area contributed by atoms with Crippen molar-refractivity contribution in [2.75, 3.05) is 12.4 Å². The molecule has 0 fully saturated rings. The summed E-state index contributed by atoms with van der Waals surface area (Å²) in [6.45, 7) is 0. The Morgan fingerprint density at radius 1 is 1.17 bits per heavy atom. The van der Waals surface area contributed by atoms with Gasteiger partial charge in [0.2, 0.25) is 0 Å². The Morgan fingerprint density at radius 3 is 2.56 bits per heavy atom. The van der Waals surface area contributed by atoms with Gasteiger partial charge in [0, 0.05) is 5.69 Å². The molecule has 2 rings (SSSR count). The summed E-state index contributed by atoms with van der Waals surface area (Å²) in [5.41, 5.74) is 1.11. The average molecular weight is 262 g/mol. The van der Waals surface area contributed by atoms with Gasteiger partial charge in [-0.2, -0.15) is 0 Å². The van der Waals surface area contributed by atoms with Crippen molar-refractivity contribution >= 4 is 23.2 Å². The predicted octanol–water partition coefficient (Wildman–Crippen LogP) is 3.60. The number of anilines is 1. The second kappa shape index (κ2) is 5.56. The van der Waals surface area contributed by atoms with Crippen molar-refractivity contribution in [3.05, 3.63) is 59.1 Å². The number of carbonyl (C=O) groups is 1. The molecular weight excluding hydrogens is 250 g/mol. The molecule has 0 bridgehead atoms. The summed E-state index contributed by atoms with van der Waals surface area (Å²) in [6, 6.07) is 14.2. The van der Waals surface area contributed by atoms with Gasteiger partial charge in [0.15, 0.2) is 0 Å². The summed E-state index contributed by atoms with van der Waals surface area (Å²) >= 11 is 6.00. The van der Waals surface area contributed by atoms with Crippen LogP contribution in [0.15, 0.2) is 48.5 Å². The van der Waals surface area contributed by atoms with Crippen molar-refractivity contribution in [3.8, 4) is 5.75 Å². The minimum absolute atomic E-state index is 0.259. The normalized spacial score (nSPS) is 9.89. The molecule has 0 saturated carbocycles. The van der Waals surface area contributed by atoms with Gasteiger partial charge in [-0.3, -0.25) is 4.79 Å². The molecule has 92 valence electrons. The van der Waals surface area contributed by atoms with Gasteiger partial charge in [-0.25, -0.2) is 0 Å². The molecule has 4 heteroatoms. The predicted molar refractivity (Wildman–Crippen MR) is 72.4 cm³/mol. The monoisotopic (exact) mass is 261 g/mol. The van der Waals surface area contributed by atoms with E-state index in [1.807, 2.05) is 30.3 Å². The van der Waals surface area contributed by atoms with Crippen LogP contribution < -0.4 is 10.1 Å². The molecule has 3 nitrogen and oxygen atoms in total. The van der Waals surface area contributed by atoms with E-state index in [0.717, 1.165) is 5.69 Å². The van der Waals surface area contributed by atoms with Crippen molar-refractivity contribution in [2.24, 2.45) is 0 Å². The van der Waals surface area contributed by atoms with Crippen molar-refractivity contribution in [1.29, 1.82) is 0 Å². The first kappa shape index (κ1) is 12.5. The topological polar surface area (TPSA) is 38.3 Å². The second-order valence-corrected chi connectivity index (χ2v) is 4.07. The van der Waals surface area contributed by atoms with E-state index >= 15 is 0 Å². The molecule has 2 aromatic carbocycles. The van der Waals surface area contributed by atoms with Crippen LogP contribution in [0.5, 0.6) is 5.75 Å². The molecule has 0 unspecified atom stereocenters. The quantitative estimate of drug-likeness (QED) is 0.917. The summed E-state index contributed by atoms with van der Waals surface area (Å²) in [5, 5.41) is 3.16. The van der Waals surface area contributed by atoms with Gasteiger partial charge in [0.1, 0.15) is 5.75 Å². The Kier molecular flexibility index (Phi) is 3.85. The summed E-state index contributed by atoms with van der Waals surface area (Å²) in [7, 11) is 1.54. The fourth-order valence-electron chi connectivity index (χ4n) is 1.53. The number of methoxy groups -OCH3 is 1. The molecule has 0 radical (unpaired) electrons. The van der Waals surface area contributed by atoms with E-state index in [-0.39, 0.29) is 5.91 Å². The number of carbonyl (C=O) groups excluding carboxylic acids is 1. The van der Waals surface area contributed by atoms with Gasteiger partial charge in [-0.05, 0) is 30.3 Å². The van der Waals surface area contributed by atoms with Crippen LogP contribution in [0.4, 0.5) is 5.69 Å². The van der Waals surface area contributed by atoms with Gasteiger partial charge < -0.3 is 10.1 Å². The maximum absolute atomic E-state index is 12.1. The zero-order valence-corrected chi connectivity index (χ0v) is 10.6. The van der Waals surface area contributed by atoms with E-state index in [1.54, 1.807) is 25.3 Å². The number of halogens is 1. The van der Waals surface area contributed by atoms with Gasteiger partial charge >= 0.3 is 0 Å². The number of benzene rings is 2. The first-order valence-electron chi connectivity index (χ1n) is 5.40. The smallest absolute Gasteiger partial charge is 0.257 e. The number of nitrogens with one attached hydrogen (secondary N) is 1. The number of hydrogen-bond donors (Lipinski definition) is 1. The molecule has 1 N–H and O–H groups in total. The fourth-order valence-corrected chi connectivity index (χ4v) is 1.73. The van der Waals surface area contributed by atoms with E-state index < -0.39 is 0 Å². The first-order valence-corrected chi connectivity index (χ1v) is 5.78. The lowest BCUT2D eigenvalue weighted by atomic mass is 10.2. The number of amides is 1. The second-order valence-electron chi connectivity index (χ2n) is 3.67. The van der Waals surface area contributed by atoms with Crippen LogP contribution in [0.2, 0.25) is 5.02 Å². The van der Waals surface area contributed by atoms with E-state index in [4.69, 9.17) is 16.3 Å². The van der Waals surface area contributed by atoms with Crippen LogP contribution in [0, 0.1) is 0 Å². The van der Waals surface area contributed by atoms with Crippen molar-refractivity contribution in [2.45, 2.75) is 0 Å². The molecule has 2 aromatic rings. The summed E-state index contributed by atoms with van der Waals surface area (Å²) in [6.07, 6.45) is 0. The molecule has 0 heterocycles. The Morgan fingerprint density at radius 2 is 1.89 bits per heavy atom. The van der Waals surface area contributed by atoms with Crippen LogP contribution in [-0.2, 0) is 0 Å². The Balaban J connectivity index is 2.23. The zero-order valence-electron chi connectivity index (χ0n) is 9.81. The van der Waals surface area contributed by atoms with E-state index in [2.05, 4.69) is 5.32 Å². The molecule has 0 aromatic heterocycles. The van der Waals surface area contributed by atoms with Crippen LogP contribution in [0.3, 0.4) is 0 Å². The molecule has 0 aliphatic rings. The standard InChI is InChI=1S/C14H12ClNO2/c1-18-11-7-8-13(15)12(9-11)14(17)16-10-5-3-2-4-6-10/h2-9H,1H3,(H,16,17). The summed E-state index contributed by atoms with van der Waals surface area (Å²) in [5.74, 6) is 0.336. The molecule has 0 atom stereocenters. The molecule has 0 aliphatic carbocycles. The number of rotatable bonds is 3. The molecular formula is C14H12ClNO2. The van der Waals surface area contributed by atoms with Crippen molar-refractivity contribution in [1.82, 2.24) is 0 Å². The van der Waals surface area contributed by atoms with Crippen LogP contribution in [0.1, 0.15) is 10.4 Å². The maximum Gasteiger partial charge on any atom is 0.257 e. The van der Waals surface area contributed by atoms with Gasteiger partial charge in [0.25, 0.3) is 5.91 Å². The third kappa shape index (κ3) is 2.81. The minimum atomic E-state index is -0.259. The Hall–Kier alpha value is -2.00. The molecule has 1 amide bonds. The lowest BCUT2D eigenvalue weighted by molar-refractivity contribution is 0.102. The lowest BCUT2D eigenvalue weighted by Crippen LogP contribution is -2.12. The third-order valence-electron chi connectivity index (χ3n) is 2.45. The van der Waals surface area contributed by atoms with E-state index in [0.29, 0.717) is 16.3 Å². The van der Waals surface area contributed by atoms with Gasteiger partial charge in [-0.1, -0.05) is 29.8 Å². The third-order valence-corrected chi connectivity index (χ3v) is 2.78. The number of hydrogen-bond acceptors (Lipinski definition) is 2. The highest BCUT2D eigenvalue weighted by Gasteiger charge is 2.11. The highest BCUT2D eigenvalue weighted by Crippen LogP contribution is 2.22. The van der Waals surface area contributed by atoms with Gasteiger partial charge in [0.05, 0.1) is 17.7 Å². The Bertz CT molecular complexity index is 555. The number of para-hydroxylation sites is 1. The fraction of sp³-hybridized carbons (Fsp3) is 0.0714. The summed E-state index contributed by atoms with van der Waals surface area (Å²) < 4.78 is 5.07.